The van der Waals surface area contributed by atoms with Crippen molar-refractivity contribution in [3.63, 3.8) is 0 Å². The van der Waals surface area contributed by atoms with E-state index in [1.807, 2.05) is 19.9 Å². The number of amides is 1. The second kappa shape index (κ2) is 10.5. The number of anilines is 1. The van der Waals surface area contributed by atoms with Gasteiger partial charge in [0.25, 0.3) is 5.91 Å². The fourth-order valence-corrected chi connectivity index (χ4v) is 3.36. The lowest BCUT2D eigenvalue weighted by atomic mass is 10.1. The molecule has 2 heterocycles. The van der Waals surface area contributed by atoms with Crippen LogP contribution in [0.1, 0.15) is 25.8 Å². The summed E-state index contributed by atoms with van der Waals surface area (Å²) in [6.07, 6.45) is 3.93. The summed E-state index contributed by atoms with van der Waals surface area (Å²) in [5.41, 5.74) is 1.97. The fraction of sp³-hybridized carbons (Fsp3) is 0.348. The highest BCUT2D eigenvalue weighted by Crippen LogP contribution is 2.21. The number of pyridine rings is 1. The zero-order chi connectivity index (χ0) is 23.1. The summed E-state index contributed by atoms with van der Waals surface area (Å²) in [7, 11) is 1.64. The number of hydrogen-bond donors (Lipinski definition) is 3. The molecule has 0 unspecified atom stereocenters. The van der Waals surface area contributed by atoms with E-state index in [2.05, 4.69) is 20.9 Å². The number of carbonyl (C=O) groups excluding carboxylic acids is 1. The zero-order valence-corrected chi connectivity index (χ0v) is 19.1. The van der Waals surface area contributed by atoms with Crippen LogP contribution in [-0.2, 0) is 16.1 Å². The van der Waals surface area contributed by atoms with Gasteiger partial charge in [-0.1, -0.05) is 18.3 Å². The van der Waals surface area contributed by atoms with Gasteiger partial charge in [-0.25, -0.2) is 4.39 Å². The van der Waals surface area contributed by atoms with Crippen LogP contribution in [0, 0.1) is 5.82 Å². The lowest BCUT2D eigenvalue weighted by Gasteiger charge is -2.25. The van der Waals surface area contributed by atoms with Gasteiger partial charge in [-0.15, -0.1) is 0 Å². The predicted molar refractivity (Wildman–Crippen MR) is 125 cm³/mol. The number of thiocarbonyl (C=S) groups is 1. The second-order valence-electron chi connectivity index (χ2n) is 7.91. The first-order valence-corrected chi connectivity index (χ1v) is 10.6. The highest BCUT2D eigenvalue weighted by molar-refractivity contribution is 7.81. The first-order chi connectivity index (χ1) is 15.3. The number of methoxy groups -OCH3 is 1. The Bertz CT molecular complexity index is 1030. The van der Waals surface area contributed by atoms with Crippen molar-refractivity contribution >= 4 is 28.8 Å². The third kappa shape index (κ3) is 6.24. The molecule has 0 saturated heterocycles. The van der Waals surface area contributed by atoms with Crippen LogP contribution in [0.25, 0.3) is 0 Å². The summed E-state index contributed by atoms with van der Waals surface area (Å²) in [4.78, 5) is 16.9. The van der Waals surface area contributed by atoms with Crippen LogP contribution in [0.3, 0.4) is 0 Å². The number of ether oxygens (including phenoxy) is 2. The highest BCUT2D eigenvalue weighted by atomic mass is 32.1. The molecule has 1 aromatic carbocycles. The minimum Gasteiger partial charge on any atom is -0.489 e. The number of carbonyl (C=O) groups is 1. The van der Waals surface area contributed by atoms with Crippen LogP contribution in [-0.4, -0.2) is 41.7 Å². The van der Waals surface area contributed by atoms with Crippen molar-refractivity contribution in [2.75, 3.05) is 25.6 Å². The van der Waals surface area contributed by atoms with Crippen LogP contribution in [0.15, 0.2) is 54.0 Å². The molecule has 170 valence electrons. The summed E-state index contributed by atoms with van der Waals surface area (Å²) >= 11 is 5.47. The molecule has 1 aromatic heterocycles. The number of hydrogen-bond acceptors (Lipinski definition) is 6. The number of nitrogens with one attached hydrogen (secondary N) is 3. The van der Waals surface area contributed by atoms with Crippen LogP contribution in [0.2, 0.25) is 0 Å². The van der Waals surface area contributed by atoms with Crippen molar-refractivity contribution in [1.82, 2.24) is 15.6 Å². The minimum atomic E-state index is -0.438. The van der Waals surface area contributed by atoms with Crippen molar-refractivity contribution in [3.05, 3.63) is 65.4 Å². The Kier molecular flexibility index (Phi) is 7.76. The number of halogens is 1. The molecule has 3 rings (SSSR count). The summed E-state index contributed by atoms with van der Waals surface area (Å²) < 4.78 is 24.8. The Labute approximate surface area is 192 Å². The van der Waals surface area contributed by atoms with Gasteiger partial charge in [0.15, 0.2) is 0 Å². The van der Waals surface area contributed by atoms with Gasteiger partial charge in [-0.05, 0) is 38.1 Å². The Morgan fingerprint density at radius 2 is 2.16 bits per heavy atom. The molecule has 0 spiro atoms. The molecular weight excluding hydrogens is 431 g/mol. The molecule has 32 heavy (non-hydrogen) atoms. The third-order valence-electron chi connectivity index (χ3n) is 4.99. The van der Waals surface area contributed by atoms with E-state index in [1.165, 1.54) is 12.1 Å². The maximum Gasteiger partial charge on any atom is 0.256 e. The van der Waals surface area contributed by atoms with Gasteiger partial charge in [-0.3, -0.25) is 9.78 Å². The van der Waals surface area contributed by atoms with Crippen molar-refractivity contribution < 1.29 is 18.7 Å². The van der Waals surface area contributed by atoms with E-state index in [0.717, 1.165) is 5.56 Å². The molecular formula is C23H27FN4O3S. The van der Waals surface area contributed by atoms with Crippen molar-refractivity contribution in [1.29, 1.82) is 0 Å². The Balaban J connectivity index is 1.76. The van der Waals surface area contributed by atoms with E-state index in [9.17, 15) is 9.18 Å². The molecule has 9 heteroatoms. The lowest BCUT2D eigenvalue weighted by molar-refractivity contribution is -0.117. The molecule has 0 bridgehead atoms. The van der Waals surface area contributed by atoms with Crippen molar-refractivity contribution in [3.8, 4) is 5.75 Å². The first-order valence-electron chi connectivity index (χ1n) is 10.2. The monoisotopic (exact) mass is 458 g/mol. The molecule has 0 radical (unpaired) electrons. The third-order valence-corrected chi connectivity index (χ3v) is 5.30. The quantitative estimate of drug-likeness (QED) is 0.497. The average molecular weight is 459 g/mol. The van der Waals surface area contributed by atoms with E-state index in [4.69, 9.17) is 21.7 Å². The Hall–Kier alpha value is -3.04. The Morgan fingerprint density at radius 1 is 1.34 bits per heavy atom. The molecule has 0 fully saturated rings. The van der Waals surface area contributed by atoms with Crippen LogP contribution in [0.5, 0.6) is 5.75 Å². The van der Waals surface area contributed by atoms with E-state index in [-0.39, 0.29) is 16.7 Å². The molecule has 2 aromatic rings. The summed E-state index contributed by atoms with van der Waals surface area (Å²) in [6, 6.07) is 7.78. The minimum absolute atomic E-state index is 0.225. The second-order valence-corrected chi connectivity index (χ2v) is 8.32. The summed E-state index contributed by atoms with van der Waals surface area (Å²) in [6.45, 7) is 5.15. The van der Waals surface area contributed by atoms with Gasteiger partial charge in [-0.2, -0.15) is 0 Å². The van der Waals surface area contributed by atoms with Gasteiger partial charge in [0, 0.05) is 49.8 Å². The Morgan fingerprint density at radius 3 is 2.91 bits per heavy atom. The van der Waals surface area contributed by atoms with Crippen LogP contribution < -0.4 is 20.7 Å². The van der Waals surface area contributed by atoms with Gasteiger partial charge in [0.1, 0.15) is 23.2 Å². The number of rotatable bonds is 9. The van der Waals surface area contributed by atoms with Crippen LogP contribution >= 0.6 is 12.2 Å². The van der Waals surface area contributed by atoms with E-state index < -0.39 is 5.60 Å². The van der Waals surface area contributed by atoms with E-state index in [1.54, 1.807) is 31.6 Å². The molecule has 0 aliphatic carbocycles. The standard InChI is InChI=1S/C23H27FN4O3S/c1-23(2,30-3)14-31-19-13-25-9-7-15(19)12-27-18-8-10-26-21(29)20(18)22(32)28-17-6-4-5-16(24)11-17/h4-7,9,11,13,27H,8,10,12,14H2,1-3H3,(H,26,29)(H,28,32). The van der Waals surface area contributed by atoms with Gasteiger partial charge in [0.05, 0.1) is 17.4 Å². The first kappa shape index (κ1) is 23.6. The molecule has 7 nitrogen and oxygen atoms in total. The predicted octanol–water partition coefficient (Wildman–Crippen LogP) is 3.33. The van der Waals surface area contributed by atoms with Crippen LogP contribution in [0.4, 0.5) is 10.1 Å². The van der Waals surface area contributed by atoms with Crippen molar-refractivity contribution in [2.45, 2.75) is 32.4 Å². The number of aromatic nitrogens is 1. The largest absolute Gasteiger partial charge is 0.489 e. The topological polar surface area (TPSA) is 84.5 Å². The molecule has 1 aliphatic heterocycles. The van der Waals surface area contributed by atoms with Crippen molar-refractivity contribution in [2.24, 2.45) is 0 Å². The number of nitrogens with zero attached hydrogens (tertiary/aromatic N) is 1. The fourth-order valence-electron chi connectivity index (χ4n) is 3.03. The van der Waals surface area contributed by atoms with E-state index in [0.29, 0.717) is 48.8 Å². The highest BCUT2D eigenvalue weighted by Gasteiger charge is 2.24. The van der Waals surface area contributed by atoms with E-state index >= 15 is 0 Å². The van der Waals surface area contributed by atoms with Gasteiger partial charge >= 0.3 is 0 Å². The van der Waals surface area contributed by atoms with Gasteiger partial charge in [0.2, 0.25) is 0 Å². The maximum atomic E-state index is 13.5. The SMILES string of the molecule is COC(C)(C)COc1cnccc1CNC1=C(C(=S)Nc2cccc(F)c2)C(=O)NCC1. The average Bonchev–Trinajstić information content (AvgIpc) is 2.77. The smallest absolute Gasteiger partial charge is 0.256 e. The zero-order valence-electron chi connectivity index (χ0n) is 18.3. The molecule has 3 N–H and O–H groups in total. The number of benzene rings is 1. The lowest BCUT2D eigenvalue weighted by Crippen LogP contribution is -2.39. The molecule has 0 atom stereocenters. The maximum absolute atomic E-state index is 13.5. The van der Waals surface area contributed by atoms with Gasteiger partial charge < -0.3 is 25.4 Å². The normalized spacial score (nSPS) is 14.1. The molecule has 0 saturated carbocycles. The summed E-state index contributed by atoms with van der Waals surface area (Å²) in [5, 5.41) is 9.08. The molecule has 1 amide bonds. The molecule has 1 aliphatic rings. The summed E-state index contributed by atoms with van der Waals surface area (Å²) in [5.74, 6) is -0.0335.